The summed E-state index contributed by atoms with van der Waals surface area (Å²) in [6.07, 6.45) is 9.63. The van der Waals surface area contributed by atoms with Gasteiger partial charge >= 0.3 is 0 Å². The number of nitrogens with two attached hydrogens (primary N) is 1. The summed E-state index contributed by atoms with van der Waals surface area (Å²) < 4.78 is 0. The first-order valence-electron chi connectivity index (χ1n) is 7.60. The standard InChI is InChI=1S/C15H30N2/c1-12-7-8-15(11-16,10-13(12)2)17-9-3-4-14-5-6-14/h12-14,17H,3-11,16H2,1-2H3. The highest BCUT2D eigenvalue weighted by Crippen LogP contribution is 2.36. The van der Waals surface area contributed by atoms with Gasteiger partial charge in [0.05, 0.1) is 0 Å². The minimum absolute atomic E-state index is 0.259. The summed E-state index contributed by atoms with van der Waals surface area (Å²) in [5.41, 5.74) is 6.30. The van der Waals surface area contributed by atoms with Crippen LogP contribution in [0.15, 0.2) is 0 Å². The maximum Gasteiger partial charge on any atom is 0.0306 e. The molecule has 0 aliphatic heterocycles. The second kappa shape index (κ2) is 5.71. The third-order valence-electron chi connectivity index (χ3n) is 5.14. The summed E-state index contributed by atoms with van der Waals surface area (Å²) in [4.78, 5) is 0. The third kappa shape index (κ3) is 3.69. The molecule has 2 heteroatoms. The van der Waals surface area contributed by atoms with Crippen molar-refractivity contribution in [3.8, 4) is 0 Å². The van der Waals surface area contributed by atoms with Crippen LogP contribution in [0.1, 0.15) is 58.8 Å². The first kappa shape index (κ1) is 13.4. The van der Waals surface area contributed by atoms with Crippen molar-refractivity contribution >= 4 is 0 Å². The lowest BCUT2D eigenvalue weighted by molar-refractivity contribution is 0.146. The van der Waals surface area contributed by atoms with Gasteiger partial charge in [-0.3, -0.25) is 0 Å². The van der Waals surface area contributed by atoms with Crippen molar-refractivity contribution < 1.29 is 0 Å². The summed E-state index contributed by atoms with van der Waals surface area (Å²) in [7, 11) is 0. The molecule has 0 spiro atoms. The van der Waals surface area contributed by atoms with E-state index in [4.69, 9.17) is 5.73 Å². The van der Waals surface area contributed by atoms with Gasteiger partial charge in [0, 0.05) is 12.1 Å². The van der Waals surface area contributed by atoms with Gasteiger partial charge in [0.25, 0.3) is 0 Å². The molecular formula is C15H30N2. The Hall–Kier alpha value is -0.0800. The minimum Gasteiger partial charge on any atom is -0.329 e. The van der Waals surface area contributed by atoms with E-state index >= 15 is 0 Å². The van der Waals surface area contributed by atoms with Crippen LogP contribution in [0, 0.1) is 17.8 Å². The van der Waals surface area contributed by atoms with E-state index in [0.29, 0.717) is 0 Å². The second-order valence-corrected chi connectivity index (χ2v) is 6.69. The van der Waals surface area contributed by atoms with Crippen molar-refractivity contribution in [2.24, 2.45) is 23.5 Å². The molecule has 100 valence electrons. The van der Waals surface area contributed by atoms with Crippen molar-refractivity contribution in [1.82, 2.24) is 5.32 Å². The van der Waals surface area contributed by atoms with Crippen molar-refractivity contribution in [2.45, 2.75) is 64.3 Å². The molecule has 3 N–H and O–H groups in total. The first-order chi connectivity index (χ1) is 8.15. The predicted octanol–water partition coefficient (Wildman–Crippen LogP) is 2.92. The average molecular weight is 238 g/mol. The van der Waals surface area contributed by atoms with Crippen LogP contribution in [0.25, 0.3) is 0 Å². The maximum absolute atomic E-state index is 6.04. The van der Waals surface area contributed by atoms with Gasteiger partial charge in [-0.15, -0.1) is 0 Å². The molecule has 0 radical (unpaired) electrons. The average Bonchev–Trinajstić information content (AvgIpc) is 3.13. The topological polar surface area (TPSA) is 38.0 Å². The lowest BCUT2D eigenvalue weighted by Crippen LogP contribution is -2.55. The molecule has 0 bridgehead atoms. The molecule has 0 amide bonds. The zero-order chi connectivity index (χ0) is 12.3. The van der Waals surface area contributed by atoms with E-state index in [1.807, 2.05) is 0 Å². The molecule has 2 fully saturated rings. The van der Waals surface area contributed by atoms with Crippen molar-refractivity contribution in [1.29, 1.82) is 0 Å². The molecule has 2 rings (SSSR count). The molecule has 17 heavy (non-hydrogen) atoms. The van der Waals surface area contributed by atoms with Gasteiger partial charge in [0.15, 0.2) is 0 Å². The largest absolute Gasteiger partial charge is 0.329 e. The zero-order valence-corrected chi connectivity index (χ0v) is 11.7. The summed E-state index contributed by atoms with van der Waals surface area (Å²) in [5.74, 6) is 2.77. The van der Waals surface area contributed by atoms with E-state index in [2.05, 4.69) is 19.2 Å². The summed E-state index contributed by atoms with van der Waals surface area (Å²) >= 11 is 0. The highest BCUT2D eigenvalue weighted by Gasteiger charge is 2.36. The van der Waals surface area contributed by atoms with Crippen LogP contribution in [0.2, 0.25) is 0 Å². The minimum atomic E-state index is 0.259. The lowest BCUT2D eigenvalue weighted by atomic mass is 9.71. The maximum atomic E-state index is 6.04. The molecule has 3 unspecified atom stereocenters. The molecule has 2 saturated carbocycles. The fourth-order valence-electron chi connectivity index (χ4n) is 3.28. The fraction of sp³-hybridized carbons (Fsp3) is 1.00. The van der Waals surface area contributed by atoms with Gasteiger partial charge in [-0.05, 0) is 56.4 Å². The number of hydrogen-bond acceptors (Lipinski definition) is 2. The van der Waals surface area contributed by atoms with E-state index in [-0.39, 0.29) is 5.54 Å². The van der Waals surface area contributed by atoms with Crippen LogP contribution in [-0.4, -0.2) is 18.6 Å². The van der Waals surface area contributed by atoms with Crippen molar-refractivity contribution in [2.75, 3.05) is 13.1 Å². The fourth-order valence-corrected chi connectivity index (χ4v) is 3.28. The Balaban J connectivity index is 1.73. The SMILES string of the molecule is CC1CCC(CN)(NCCCC2CC2)CC1C. The molecule has 2 aliphatic rings. The Labute approximate surface area is 107 Å². The van der Waals surface area contributed by atoms with Crippen LogP contribution in [-0.2, 0) is 0 Å². The molecular weight excluding hydrogens is 208 g/mol. The molecule has 0 heterocycles. The third-order valence-corrected chi connectivity index (χ3v) is 5.14. The molecule has 0 saturated heterocycles. The highest BCUT2D eigenvalue weighted by atomic mass is 15.0. The molecule has 0 aromatic heterocycles. The van der Waals surface area contributed by atoms with E-state index in [9.17, 15) is 0 Å². The van der Waals surface area contributed by atoms with Crippen LogP contribution in [0.3, 0.4) is 0 Å². The van der Waals surface area contributed by atoms with Gasteiger partial charge in [-0.25, -0.2) is 0 Å². The number of rotatable bonds is 6. The molecule has 0 aromatic rings. The monoisotopic (exact) mass is 238 g/mol. The van der Waals surface area contributed by atoms with E-state index in [0.717, 1.165) is 24.3 Å². The molecule has 0 aromatic carbocycles. The second-order valence-electron chi connectivity index (χ2n) is 6.69. The van der Waals surface area contributed by atoms with Gasteiger partial charge in [-0.2, -0.15) is 0 Å². The normalized spacial score (nSPS) is 38.3. The summed E-state index contributed by atoms with van der Waals surface area (Å²) in [6, 6.07) is 0. The molecule has 3 atom stereocenters. The zero-order valence-electron chi connectivity index (χ0n) is 11.7. The molecule has 2 nitrogen and oxygen atoms in total. The van der Waals surface area contributed by atoms with Crippen molar-refractivity contribution in [3.63, 3.8) is 0 Å². The van der Waals surface area contributed by atoms with E-state index in [1.54, 1.807) is 0 Å². The van der Waals surface area contributed by atoms with Crippen LogP contribution < -0.4 is 11.1 Å². The first-order valence-corrected chi connectivity index (χ1v) is 7.60. The Morgan fingerprint density at radius 1 is 1.18 bits per heavy atom. The van der Waals surface area contributed by atoms with Crippen LogP contribution >= 0.6 is 0 Å². The summed E-state index contributed by atoms with van der Waals surface area (Å²) in [5, 5.41) is 3.79. The Bertz CT molecular complexity index is 237. The van der Waals surface area contributed by atoms with Crippen molar-refractivity contribution in [3.05, 3.63) is 0 Å². The number of hydrogen-bond donors (Lipinski definition) is 2. The quantitative estimate of drug-likeness (QED) is 0.698. The predicted molar refractivity (Wildman–Crippen MR) is 73.9 cm³/mol. The van der Waals surface area contributed by atoms with Crippen LogP contribution in [0.4, 0.5) is 0 Å². The van der Waals surface area contributed by atoms with Gasteiger partial charge < -0.3 is 11.1 Å². The number of nitrogens with one attached hydrogen (secondary N) is 1. The van der Waals surface area contributed by atoms with Gasteiger partial charge in [0.1, 0.15) is 0 Å². The smallest absolute Gasteiger partial charge is 0.0306 e. The molecule has 2 aliphatic carbocycles. The van der Waals surface area contributed by atoms with Gasteiger partial charge in [-0.1, -0.05) is 26.7 Å². The Morgan fingerprint density at radius 2 is 1.94 bits per heavy atom. The van der Waals surface area contributed by atoms with Gasteiger partial charge in [0.2, 0.25) is 0 Å². The van der Waals surface area contributed by atoms with E-state index < -0.39 is 0 Å². The lowest BCUT2D eigenvalue weighted by Gasteiger charge is -2.43. The van der Waals surface area contributed by atoms with E-state index in [1.165, 1.54) is 51.5 Å². The Morgan fingerprint density at radius 3 is 2.53 bits per heavy atom. The summed E-state index contributed by atoms with van der Waals surface area (Å²) in [6.45, 7) is 6.76. The van der Waals surface area contributed by atoms with Crippen LogP contribution in [0.5, 0.6) is 0 Å². The highest BCUT2D eigenvalue weighted by molar-refractivity contribution is 4.95. The Kier molecular flexibility index (Phi) is 4.48.